The highest BCUT2D eigenvalue weighted by Crippen LogP contribution is 2.38. The van der Waals surface area contributed by atoms with Gasteiger partial charge in [-0.2, -0.15) is 0 Å². The summed E-state index contributed by atoms with van der Waals surface area (Å²) in [5, 5.41) is 10.1. The van der Waals surface area contributed by atoms with Crippen molar-refractivity contribution in [2.45, 2.75) is 77.7 Å². The van der Waals surface area contributed by atoms with Crippen molar-refractivity contribution in [2.75, 3.05) is 26.4 Å². The molecule has 0 aromatic rings. The number of hydrogen-bond acceptors (Lipinski definition) is 8. The Morgan fingerprint density at radius 3 is 1.74 bits per heavy atom. The Bertz CT molecular complexity index is 322. The zero-order chi connectivity index (χ0) is 20.5. The molecule has 0 saturated heterocycles. The van der Waals surface area contributed by atoms with Gasteiger partial charge in [-0.1, -0.05) is 58.8 Å². The first-order chi connectivity index (χ1) is 12.9. The van der Waals surface area contributed by atoms with Crippen LogP contribution in [0.1, 0.15) is 71.6 Å². The summed E-state index contributed by atoms with van der Waals surface area (Å²) >= 11 is 0. The molecule has 0 aliphatic carbocycles. The molecular formula is C17H38O8P2. The second kappa shape index (κ2) is 17.4. The Morgan fingerprint density at radius 1 is 0.778 bits per heavy atom. The van der Waals surface area contributed by atoms with Gasteiger partial charge in [-0.15, -0.1) is 0 Å². The topological polar surface area (TPSA) is 129 Å². The highest BCUT2D eigenvalue weighted by Gasteiger charge is 2.41. The average Bonchev–Trinajstić information content (AvgIpc) is 2.64. The van der Waals surface area contributed by atoms with E-state index in [1.807, 2.05) is 0 Å². The van der Waals surface area contributed by atoms with Gasteiger partial charge < -0.3 is 38.5 Å². The number of aliphatic hydroxyl groups is 1. The smallest absolute Gasteiger partial charge is 0.327 e. The number of hydrogen-bond donors (Lipinski definition) is 5. The molecule has 10 heteroatoms. The lowest BCUT2D eigenvalue weighted by Gasteiger charge is -2.38. The van der Waals surface area contributed by atoms with E-state index in [1.54, 1.807) is 0 Å². The Hall–Kier alpha value is 0.540. The molecule has 0 aromatic carbocycles. The molecule has 0 aliphatic rings. The van der Waals surface area contributed by atoms with Gasteiger partial charge in [0, 0.05) is 6.61 Å². The molecule has 0 bridgehead atoms. The second-order valence-corrected chi connectivity index (χ2v) is 8.37. The minimum Gasteiger partial charge on any atom is -0.396 e. The van der Waals surface area contributed by atoms with Gasteiger partial charge in [0.1, 0.15) is 0 Å². The Kier molecular flexibility index (Phi) is 17.8. The van der Waals surface area contributed by atoms with E-state index in [1.165, 1.54) is 0 Å². The van der Waals surface area contributed by atoms with Crippen molar-refractivity contribution in [2.24, 2.45) is 5.41 Å². The van der Waals surface area contributed by atoms with Crippen LogP contribution in [0.25, 0.3) is 0 Å². The third kappa shape index (κ3) is 13.4. The van der Waals surface area contributed by atoms with Gasteiger partial charge >= 0.3 is 17.2 Å². The largest absolute Gasteiger partial charge is 0.396 e. The number of ether oxygens (including phenoxy) is 1. The molecule has 0 saturated carbocycles. The Morgan fingerprint density at radius 2 is 1.30 bits per heavy atom. The van der Waals surface area contributed by atoms with E-state index in [2.05, 4.69) is 13.8 Å². The molecular weight excluding hydrogens is 394 g/mol. The van der Waals surface area contributed by atoms with Crippen molar-refractivity contribution in [3.8, 4) is 0 Å². The molecule has 0 fully saturated rings. The van der Waals surface area contributed by atoms with E-state index < -0.39 is 35.3 Å². The van der Waals surface area contributed by atoms with E-state index >= 15 is 0 Å². The summed E-state index contributed by atoms with van der Waals surface area (Å²) in [5.74, 6) is 0. The van der Waals surface area contributed by atoms with Crippen molar-refractivity contribution in [3.05, 3.63) is 0 Å². The Labute approximate surface area is 165 Å². The fraction of sp³-hybridized carbons (Fsp3) is 1.00. The van der Waals surface area contributed by atoms with Crippen molar-refractivity contribution >= 4 is 17.2 Å². The third-order valence-corrected chi connectivity index (χ3v) is 5.29. The van der Waals surface area contributed by atoms with E-state index in [4.69, 9.17) is 33.4 Å². The molecule has 8 nitrogen and oxygen atoms in total. The number of unbranched alkanes of at least 4 members (excludes halogenated alkanes) is 6. The maximum absolute atomic E-state index is 10.1. The van der Waals surface area contributed by atoms with E-state index in [0.29, 0.717) is 13.0 Å². The maximum Gasteiger partial charge on any atom is 0.327 e. The SMILES string of the molecule is CCCCCCOC(CCCCCC)C(CO)(COP(O)O)COP(O)O. The average molecular weight is 432 g/mol. The fourth-order valence-corrected chi connectivity index (χ4v) is 3.62. The van der Waals surface area contributed by atoms with Crippen LogP contribution in [0.3, 0.4) is 0 Å². The molecule has 0 spiro atoms. The predicted molar refractivity (Wildman–Crippen MR) is 107 cm³/mol. The van der Waals surface area contributed by atoms with Gasteiger partial charge in [-0.25, -0.2) is 0 Å². The maximum atomic E-state index is 10.1. The molecule has 0 radical (unpaired) electrons. The molecule has 5 N–H and O–H groups in total. The van der Waals surface area contributed by atoms with Crippen LogP contribution in [0, 0.1) is 5.41 Å². The second-order valence-electron chi connectivity index (χ2n) is 6.84. The lowest BCUT2D eigenvalue weighted by atomic mass is 9.81. The highest BCUT2D eigenvalue weighted by molar-refractivity contribution is 7.39. The van der Waals surface area contributed by atoms with Crippen molar-refractivity contribution in [1.29, 1.82) is 0 Å². The molecule has 0 amide bonds. The third-order valence-electron chi connectivity index (χ3n) is 4.57. The zero-order valence-electron chi connectivity index (χ0n) is 16.6. The summed E-state index contributed by atoms with van der Waals surface area (Å²) in [5.41, 5.74) is -1.10. The van der Waals surface area contributed by atoms with Crippen LogP contribution in [0.5, 0.6) is 0 Å². The van der Waals surface area contributed by atoms with Crippen LogP contribution in [-0.4, -0.2) is 57.2 Å². The van der Waals surface area contributed by atoms with E-state index in [0.717, 1.165) is 51.4 Å². The van der Waals surface area contributed by atoms with Gasteiger partial charge in [-0.05, 0) is 12.8 Å². The van der Waals surface area contributed by atoms with Crippen LogP contribution in [0.4, 0.5) is 0 Å². The monoisotopic (exact) mass is 432 g/mol. The van der Waals surface area contributed by atoms with Gasteiger partial charge in [0.05, 0.1) is 31.3 Å². The van der Waals surface area contributed by atoms with Crippen LogP contribution < -0.4 is 0 Å². The van der Waals surface area contributed by atoms with Gasteiger partial charge in [-0.3, -0.25) is 0 Å². The number of rotatable bonds is 19. The Balaban J connectivity index is 5.09. The molecule has 0 heterocycles. The minimum atomic E-state index is -2.60. The van der Waals surface area contributed by atoms with Crippen LogP contribution >= 0.6 is 17.2 Å². The fourth-order valence-electron chi connectivity index (χ4n) is 2.87. The quantitative estimate of drug-likeness (QED) is 0.155. The van der Waals surface area contributed by atoms with Crippen molar-refractivity contribution < 1.29 is 38.5 Å². The highest BCUT2D eigenvalue weighted by atomic mass is 31.2. The van der Waals surface area contributed by atoms with Gasteiger partial charge in [0.2, 0.25) is 0 Å². The zero-order valence-corrected chi connectivity index (χ0v) is 18.4. The summed E-state index contributed by atoms with van der Waals surface area (Å²) < 4.78 is 16.0. The van der Waals surface area contributed by atoms with Gasteiger partial charge in [0.25, 0.3) is 0 Å². The van der Waals surface area contributed by atoms with Gasteiger partial charge in [0.15, 0.2) is 0 Å². The normalized spacial score (nSPS) is 13.7. The first kappa shape index (κ1) is 27.5. The van der Waals surface area contributed by atoms with Crippen molar-refractivity contribution in [3.63, 3.8) is 0 Å². The molecule has 0 aliphatic heterocycles. The minimum absolute atomic E-state index is 0.210. The summed E-state index contributed by atoms with van der Waals surface area (Å²) in [4.78, 5) is 36.5. The molecule has 164 valence electrons. The lowest BCUT2D eigenvalue weighted by Crippen LogP contribution is -2.47. The van der Waals surface area contributed by atoms with Crippen LogP contribution in [0.2, 0.25) is 0 Å². The van der Waals surface area contributed by atoms with Crippen LogP contribution in [-0.2, 0) is 13.8 Å². The van der Waals surface area contributed by atoms with Crippen LogP contribution in [0.15, 0.2) is 0 Å². The first-order valence-electron chi connectivity index (χ1n) is 9.75. The predicted octanol–water partition coefficient (Wildman–Crippen LogP) is 3.36. The first-order valence-corrected chi connectivity index (χ1v) is 12.1. The molecule has 0 rings (SSSR count). The molecule has 0 aromatic heterocycles. The van der Waals surface area contributed by atoms with Crippen molar-refractivity contribution in [1.82, 2.24) is 0 Å². The lowest BCUT2D eigenvalue weighted by molar-refractivity contribution is -0.111. The van der Waals surface area contributed by atoms with E-state index in [-0.39, 0.29) is 13.2 Å². The number of aliphatic hydroxyl groups excluding tert-OH is 1. The molecule has 1 atom stereocenters. The summed E-state index contributed by atoms with van der Waals surface area (Å²) in [6.07, 6.45) is 8.48. The summed E-state index contributed by atoms with van der Waals surface area (Å²) in [6, 6.07) is 0. The molecule has 27 heavy (non-hydrogen) atoms. The van der Waals surface area contributed by atoms with E-state index in [9.17, 15) is 5.11 Å². The summed E-state index contributed by atoms with van der Waals surface area (Å²) in [7, 11) is -5.21. The standard InChI is InChI=1S/C17H38O8P2/c1-3-5-7-9-11-16(23-12-10-8-6-4-2)17(13-18,14-24-26(19)20)15-25-27(21)22/h16,18-22H,3-15H2,1-2H3. The molecule has 1 unspecified atom stereocenters. The summed E-state index contributed by atoms with van der Waals surface area (Å²) in [6.45, 7) is 3.95.